The number of nitrogens with zero attached hydrogens (tertiary/aromatic N) is 6. The molecule has 0 spiro atoms. The first-order chi connectivity index (χ1) is 13.1. The van der Waals surface area contributed by atoms with Crippen molar-refractivity contribution in [3.8, 4) is 5.88 Å². The molecule has 0 aliphatic carbocycles. The molecule has 1 aliphatic heterocycles. The second-order valence-corrected chi connectivity index (χ2v) is 9.41. The van der Waals surface area contributed by atoms with Crippen molar-refractivity contribution in [3.05, 3.63) is 23.8 Å². The summed E-state index contributed by atoms with van der Waals surface area (Å²) in [5.41, 5.74) is 1.20. The molecule has 0 N–H and O–H groups in total. The highest BCUT2D eigenvalue weighted by Gasteiger charge is 2.37. The van der Waals surface area contributed by atoms with Gasteiger partial charge in [-0.15, -0.1) is 0 Å². The first-order valence-electron chi connectivity index (χ1n) is 9.33. The van der Waals surface area contributed by atoms with Gasteiger partial charge in [-0.05, 0) is 34.1 Å². The van der Waals surface area contributed by atoms with Gasteiger partial charge in [-0.25, -0.2) is 8.42 Å². The van der Waals surface area contributed by atoms with Crippen LogP contribution in [0.15, 0.2) is 17.3 Å². The summed E-state index contributed by atoms with van der Waals surface area (Å²) in [6.07, 6.45) is 3.53. The van der Waals surface area contributed by atoms with Gasteiger partial charge in [0, 0.05) is 26.7 Å². The van der Waals surface area contributed by atoms with Crippen LogP contribution in [-0.4, -0.2) is 65.8 Å². The Morgan fingerprint density at radius 3 is 2.57 bits per heavy atom. The van der Waals surface area contributed by atoms with Gasteiger partial charge in [0.15, 0.2) is 5.82 Å². The maximum absolute atomic E-state index is 13.2. The first kappa shape index (κ1) is 20.5. The third-order valence-corrected chi connectivity index (χ3v) is 6.92. The van der Waals surface area contributed by atoms with Crippen LogP contribution in [0.3, 0.4) is 0 Å². The van der Waals surface area contributed by atoms with E-state index in [0.717, 1.165) is 0 Å². The average molecular weight is 409 g/mol. The number of aromatic nitrogens is 4. The lowest BCUT2D eigenvalue weighted by molar-refractivity contribution is 0.206. The number of ether oxygens (including phenoxy) is 1. The molecule has 154 valence electrons. The third kappa shape index (κ3) is 3.83. The molecule has 1 atom stereocenters. The van der Waals surface area contributed by atoms with E-state index in [1.165, 1.54) is 4.31 Å². The fourth-order valence-corrected chi connectivity index (χ4v) is 5.29. The van der Waals surface area contributed by atoms with Gasteiger partial charge < -0.3 is 9.64 Å². The molecule has 10 heteroatoms. The van der Waals surface area contributed by atoms with Gasteiger partial charge in [0.1, 0.15) is 11.0 Å². The van der Waals surface area contributed by atoms with Crippen molar-refractivity contribution < 1.29 is 13.2 Å². The van der Waals surface area contributed by atoms with Gasteiger partial charge >= 0.3 is 0 Å². The Bertz CT molecular complexity index is 954. The summed E-state index contributed by atoms with van der Waals surface area (Å²) in [6.45, 7) is 8.20. The second-order valence-electron chi connectivity index (χ2n) is 7.54. The van der Waals surface area contributed by atoms with Crippen molar-refractivity contribution in [2.45, 2.75) is 51.2 Å². The number of sulfonamides is 1. The van der Waals surface area contributed by atoms with Crippen LogP contribution < -0.4 is 9.64 Å². The molecule has 0 aromatic carbocycles. The molecule has 0 saturated carbocycles. The molecule has 1 aliphatic rings. The van der Waals surface area contributed by atoms with Crippen LogP contribution in [0, 0.1) is 13.8 Å². The van der Waals surface area contributed by atoms with Crippen LogP contribution >= 0.6 is 0 Å². The molecule has 9 nitrogen and oxygen atoms in total. The summed E-state index contributed by atoms with van der Waals surface area (Å²) in [5, 5.41) is 4.42. The summed E-state index contributed by atoms with van der Waals surface area (Å²) in [7, 11) is 0.116. The van der Waals surface area contributed by atoms with E-state index in [0.29, 0.717) is 40.9 Å². The molecule has 0 bridgehead atoms. The topological polar surface area (TPSA) is 93.5 Å². The molecular weight excluding hydrogens is 380 g/mol. The number of hydrogen-bond donors (Lipinski definition) is 0. The number of aryl methyl sites for hydroxylation is 1. The molecule has 1 unspecified atom stereocenters. The SMILES string of the molecule is Cc1nn(C(C)C)c(C)c1S(=O)(=O)N1CCC(Oc2cncc(N(C)C)n2)C1. The Kier molecular flexibility index (Phi) is 5.62. The third-order valence-electron chi connectivity index (χ3n) is 4.80. The Morgan fingerprint density at radius 2 is 1.96 bits per heavy atom. The Hall–Kier alpha value is -2.20. The van der Waals surface area contributed by atoms with Gasteiger partial charge in [0.05, 0.1) is 30.3 Å². The standard InChI is InChI=1S/C18H28N6O3S/c1-12(2)24-14(4)18(13(3)21-24)28(25,26)23-8-7-15(11-23)27-17-10-19-9-16(20-17)22(5)6/h9-10,12,15H,7-8,11H2,1-6H3. The molecule has 2 aromatic heterocycles. The van der Waals surface area contributed by atoms with Crippen LogP contribution in [-0.2, 0) is 10.0 Å². The van der Waals surface area contributed by atoms with E-state index in [-0.39, 0.29) is 18.7 Å². The molecule has 2 aromatic rings. The largest absolute Gasteiger partial charge is 0.472 e. The van der Waals surface area contributed by atoms with Gasteiger partial charge in [-0.1, -0.05) is 0 Å². The maximum atomic E-state index is 13.2. The Labute approximate surface area is 166 Å². The number of anilines is 1. The van der Waals surface area contributed by atoms with E-state index < -0.39 is 10.0 Å². The smallest absolute Gasteiger partial charge is 0.246 e. The molecule has 3 rings (SSSR count). The van der Waals surface area contributed by atoms with Crippen LogP contribution in [0.5, 0.6) is 5.88 Å². The van der Waals surface area contributed by atoms with Gasteiger partial charge in [0.2, 0.25) is 15.9 Å². The minimum absolute atomic E-state index is 0.0971. The van der Waals surface area contributed by atoms with E-state index in [1.54, 1.807) is 30.9 Å². The van der Waals surface area contributed by atoms with E-state index >= 15 is 0 Å². The summed E-state index contributed by atoms with van der Waals surface area (Å²) in [4.78, 5) is 10.7. The summed E-state index contributed by atoms with van der Waals surface area (Å²) in [6, 6.07) is 0.0971. The van der Waals surface area contributed by atoms with Gasteiger partial charge in [0.25, 0.3) is 0 Å². The van der Waals surface area contributed by atoms with E-state index in [2.05, 4.69) is 15.1 Å². The highest BCUT2D eigenvalue weighted by Crippen LogP contribution is 2.29. The molecule has 0 radical (unpaired) electrons. The van der Waals surface area contributed by atoms with E-state index in [1.807, 2.05) is 32.8 Å². The zero-order chi connectivity index (χ0) is 20.6. The van der Waals surface area contributed by atoms with Crippen LogP contribution in [0.1, 0.15) is 37.7 Å². The minimum atomic E-state index is -3.63. The monoisotopic (exact) mass is 408 g/mol. The van der Waals surface area contributed by atoms with Crippen molar-refractivity contribution >= 4 is 15.8 Å². The van der Waals surface area contributed by atoms with Gasteiger partial charge in [-0.3, -0.25) is 9.67 Å². The van der Waals surface area contributed by atoms with Crippen molar-refractivity contribution in [1.82, 2.24) is 24.1 Å². The first-order valence-corrected chi connectivity index (χ1v) is 10.8. The maximum Gasteiger partial charge on any atom is 0.246 e. The van der Waals surface area contributed by atoms with E-state index in [4.69, 9.17) is 4.74 Å². The fraction of sp³-hybridized carbons (Fsp3) is 0.611. The Balaban J connectivity index is 1.77. The molecule has 1 saturated heterocycles. The van der Waals surface area contributed by atoms with E-state index in [9.17, 15) is 8.42 Å². The van der Waals surface area contributed by atoms with Gasteiger partial charge in [-0.2, -0.15) is 14.4 Å². The zero-order valence-corrected chi connectivity index (χ0v) is 18.1. The average Bonchev–Trinajstić information content (AvgIpc) is 3.20. The lowest BCUT2D eigenvalue weighted by Gasteiger charge is -2.18. The normalized spacial score (nSPS) is 18.0. The Morgan fingerprint density at radius 1 is 1.25 bits per heavy atom. The quantitative estimate of drug-likeness (QED) is 0.719. The predicted molar refractivity (Wildman–Crippen MR) is 106 cm³/mol. The summed E-state index contributed by atoms with van der Waals surface area (Å²) < 4.78 is 35.6. The highest BCUT2D eigenvalue weighted by atomic mass is 32.2. The lowest BCUT2D eigenvalue weighted by Crippen LogP contribution is -2.32. The number of hydrogen-bond acceptors (Lipinski definition) is 7. The van der Waals surface area contributed by atoms with Crippen LogP contribution in [0.4, 0.5) is 5.82 Å². The second kappa shape index (κ2) is 7.67. The molecule has 3 heterocycles. The zero-order valence-electron chi connectivity index (χ0n) is 17.2. The summed E-state index contributed by atoms with van der Waals surface area (Å²) in [5.74, 6) is 1.09. The van der Waals surface area contributed by atoms with Crippen LogP contribution in [0.2, 0.25) is 0 Å². The summed E-state index contributed by atoms with van der Waals surface area (Å²) >= 11 is 0. The minimum Gasteiger partial charge on any atom is -0.472 e. The van der Waals surface area contributed by atoms with Crippen molar-refractivity contribution in [1.29, 1.82) is 0 Å². The van der Waals surface area contributed by atoms with Crippen LogP contribution in [0.25, 0.3) is 0 Å². The highest BCUT2D eigenvalue weighted by molar-refractivity contribution is 7.89. The molecule has 1 fully saturated rings. The van der Waals surface area contributed by atoms with Crippen molar-refractivity contribution in [2.24, 2.45) is 0 Å². The number of rotatable bonds is 6. The van der Waals surface area contributed by atoms with Crippen molar-refractivity contribution in [2.75, 3.05) is 32.1 Å². The molecule has 0 amide bonds. The lowest BCUT2D eigenvalue weighted by atomic mass is 10.3. The molecule has 28 heavy (non-hydrogen) atoms. The van der Waals surface area contributed by atoms with Crippen molar-refractivity contribution in [3.63, 3.8) is 0 Å². The fourth-order valence-electron chi connectivity index (χ4n) is 3.45. The predicted octanol–water partition coefficient (Wildman–Crippen LogP) is 1.78. The molecular formula is C18H28N6O3S.